The average molecular weight is 395 g/mol. The van der Waals surface area contributed by atoms with Gasteiger partial charge in [0.05, 0.1) is 17.3 Å². The largest absolute Gasteiger partial charge is 0.398 e. The first-order valence-electron chi connectivity index (χ1n) is 9.70. The van der Waals surface area contributed by atoms with E-state index in [0.29, 0.717) is 22.3 Å². The summed E-state index contributed by atoms with van der Waals surface area (Å²) in [5, 5.41) is 4.65. The number of carbonyl (C=O) groups is 1. The van der Waals surface area contributed by atoms with Crippen molar-refractivity contribution in [3.63, 3.8) is 0 Å². The summed E-state index contributed by atoms with van der Waals surface area (Å²) in [6.45, 7) is 5.90. The highest BCUT2D eigenvalue weighted by atomic mass is 16.2. The first-order valence-corrected chi connectivity index (χ1v) is 9.70. The van der Waals surface area contributed by atoms with Gasteiger partial charge in [-0.25, -0.2) is 4.68 Å². The van der Waals surface area contributed by atoms with E-state index in [-0.39, 0.29) is 23.0 Å². The number of rotatable bonds is 3. The Bertz CT molecular complexity index is 1150. The Hall–Kier alpha value is -3.36. The maximum atomic E-state index is 12.7. The average Bonchev–Trinajstić information content (AvgIpc) is 3.10. The third kappa shape index (κ3) is 3.55. The van der Waals surface area contributed by atoms with Crippen LogP contribution >= 0.6 is 0 Å². The van der Waals surface area contributed by atoms with E-state index in [9.17, 15) is 9.59 Å². The lowest BCUT2D eigenvalue weighted by atomic mass is 9.89. The van der Waals surface area contributed by atoms with Gasteiger partial charge in [-0.15, -0.1) is 0 Å². The highest BCUT2D eigenvalue weighted by molar-refractivity contribution is 6.00. The molecule has 1 aliphatic carbocycles. The fourth-order valence-electron chi connectivity index (χ4n) is 3.65. The summed E-state index contributed by atoms with van der Waals surface area (Å²) >= 11 is 0. The molecule has 5 N–H and O–H groups in total. The van der Waals surface area contributed by atoms with Crippen LogP contribution in [0.25, 0.3) is 11.0 Å². The number of amides is 1. The number of aryl methyl sites for hydroxylation is 2. The highest BCUT2D eigenvalue weighted by Gasteiger charge is 2.20. The summed E-state index contributed by atoms with van der Waals surface area (Å²) in [5.41, 5.74) is 14.3. The van der Waals surface area contributed by atoms with E-state index in [1.807, 2.05) is 32.9 Å². The third-order valence-electron chi connectivity index (χ3n) is 5.13. The number of nitrogen functional groups attached to an aromatic ring is 1. The summed E-state index contributed by atoms with van der Waals surface area (Å²) < 4.78 is 1.67. The Balaban J connectivity index is 1.58. The van der Waals surface area contributed by atoms with Crippen LogP contribution in [0.5, 0.6) is 0 Å². The number of H-pyrrole nitrogens is 1. The number of anilines is 2. The van der Waals surface area contributed by atoms with Crippen LogP contribution in [-0.4, -0.2) is 25.7 Å². The van der Waals surface area contributed by atoms with E-state index in [4.69, 9.17) is 5.73 Å². The lowest BCUT2D eigenvalue weighted by Gasteiger charge is -2.20. The topological polar surface area (TPSA) is 131 Å². The van der Waals surface area contributed by atoms with Crippen LogP contribution in [0.4, 0.5) is 11.6 Å². The van der Waals surface area contributed by atoms with E-state index in [0.717, 1.165) is 31.2 Å². The van der Waals surface area contributed by atoms with Gasteiger partial charge >= 0.3 is 0 Å². The fourth-order valence-corrected chi connectivity index (χ4v) is 3.65. The molecule has 0 saturated carbocycles. The maximum Gasteiger partial charge on any atom is 0.271 e. The monoisotopic (exact) mass is 395 g/mol. The molecular formula is C20H25N7O2. The third-order valence-corrected chi connectivity index (χ3v) is 5.13. The number of hydrogen-bond donors (Lipinski definition) is 4. The van der Waals surface area contributed by atoms with Gasteiger partial charge in [0.15, 0.2) is 5.65 Å². The molecule has 2 aromatic heterocycles. The van der Waals surface area contributed by atoms with Gasteiger partial charge in [-0.3, -0.25) is 25.4 Å². The van der Waals surface area contributed by atoms with Crippen LogP contribution < -0.4 is 22.1 Å². The standard InChI is InChI=1S/C20H25N7O2/c1-20(2,3)27-16-14(10-22-27)17(28)24-19(23-16)26-25-18(29)13-8-11-6-4-5-7-12(11)9-15(13)21/h8-10H,4-7,21H2,1-3H3,(H,25,29)(H2,23,24,26,28). The maximum absolute atomic E-state index is 12.7. The molecule has 0 fully saturated rings. The smallest absolute Gasteiger partial charge is 0.271 e. The molecule has 1 aromatic carbocycles. The van der Waals surface area contributed by atoms with Gasteiger partial charge in [-0.2, -0.15) is 10.1 Å². The Kier molecular flexibility index (Phi) is 4.52. The van der Waals surface area contributed by atoms with Crippen molar-refractivity contribution in [2.45, 2.75) is 52.0 Å². The Morgan fingerprint density at radius 1 is 1.21 bits per heavy atom. The SMILES string of the molecule is CC(C)(C)n1ncc2c(=O)[nH]c(NNC(=O)c3cc4c(cc3N)CCCC4)nc21. The van der Waals surface area contributed by atoms with E-state index in [1.54, 1.807) is 4.68 Å². The number of benzene rings is 1. The van der Waals surface area contributed by atoms with Crippen LogP contribution in [0, 0.1) is 0 Å². The molecular weight excluding hydrogens is 370 g/mol. The number of carbonyl (C=O) groups excluding carboxylic acids is 1. The number of hydrogen-bond acceptors (Lipinski definition) is 6. The second-order valence-corrected chi connectivity index (χ2v) is 8.37. The van der Waals surface area contributed by atoms with Crippen LogP contribution in [0.2, 0.25) is 0 Å². The van der Waals surface area contributed by atoms with Gasteiger partial charge < -0.3 is 5.73 Å². The van der Waals surface area contributed by atoms with E-state index < -0.39 is 0 Å². The number of nitrogens with one attached hydrogen (secondary N) is 3. The predicted octanol–water partition coefficient (Wildman–Crippen LogP) is 2.09. The van der Waals surface area contributed by atoms with Crippen molar-refractivity contribution in [2.75, 3.05) is 11.2 Å². The molecule has 1 aliphatic rings. The number of aromatic amines is 1. The molecule has 0 spiro atoms. The molecule has 0 unspecified atom stereocenters. The lowest BCUT2D eigenvalue weighted by molar-refractivity contribution is 0.0963. The van der Waals surface area contributed by atoms with Crippen molar-refractivity contribution in [3.8, 4) is 0 Å². The summed E-state index contributed by atoms with van der Waals surface area (Å²) in [6.07, 6.45) is 5.69. The molecule has 9 nitrogen and oxygen atoms in total. The van der Waals surface area contributed by atoms with Crippen molar-refractivity contribution in [2.24, 2.45) is 0 Å². The molecule has 3 aromatic rings. The summed E-state index contributed by atoms with van der Waals surface area (Å²) in [7, 11) is 0. The van der Waals surface area contributed by atoms with Crippen molar-refractivity contribution < 1.29 is 4.79 Å². The first-order chi connectivity index (χ1) is 13.7. The van der Waals surface area contributed by atoms with Crippen LogP contribution in [0.15, 0.2) is 23.1 Å². The Labute approximate surface area is 167 Å². The van der Waals surface area contributed by atoms with Gasteiger partial charge in [0.1, 0.15) is 5.39 Å². The van der Waals surface area contributed by atoms with Crippen molar-refractivity contribution in [1.29, 1.82) is 0 Å². The first kappa shape index (κ1) is 19.0. The lowest BCUT2D eigenvalue weighted by Crippen LogP contribution is -2.32. The molecule has 0 bridgehead atoms. The van der Waals surface area contributed by atoms with Crippen molar-refractivity contribution >= 4 is 28.6 Å². The van der Waals surface area contributed by atoms with Gasteiger partial charge in [0.2, 0.25) is 5.95 Å². The minimum atomic E-state index is -0.386. The van der Waals surface area contributed by atoms with Crippen LogP contribution in [0.3, 0.4) is 0 Å². The molecule has 29 heavy (non-hydrogen) atoms. The zero-order valence-corrected chi connectivity index (χ0v) is 16.8. The van der Waals surface area contributed by atoms with Crippen molar-refractivity contribution in [1.82, 2.24) is 25.2 Å². The molecule has 0 saturated heterocycles. The number of hydrazine groups is 1. The predicted molar refractivity (Wildman–Crippen MR) is 112 cm³/mol. The second kappa shape index (κ2) is 6.91. The van der Waals surface area contributed by atoms with Gasteiger partial charge in [0.25, 0.3) is 11.5 Å². The fraction of sp³-hybridized carbons (Fsp3) is 0.400. The van der Waals surface area contributed by atoms with Gasteiger partial charge in [0, 0.05) is 5.69 Å². The number of fused-ring (bicyclic) bond motifs is 2. The minimum absolute atomic E-state index is 0.124. The molecule has 1 amide bonds. The quantitative estimate of drug-likeness (QED) is 0.397. The molecule has 4 rings (SSSR count). The zero-order chi connectivity index (χ0) is 20.8. The number of nitrogens with two attached hydrogens (primary N) is 1. The molecule has 0 aliphatic heterocycles. The molecule has 0 atom stereocenters. The molecule has 152 valence electrons. The van der Waals surface area contributed by atoms with Crippen LogP contribution in [-0.2, 0) is 18.4 Å². The minimum Gasteiger partial charge on any atom is -0.398 e. The summed E-state index contributed by atoms with van der Waals surface area (Å²) in [6, 6.07) is 3.74. The van der Waals surface area contributed by atoms with E-state index in [1.165, 1.54) is 11.8 Å². The van der Waals surface area contributed by atoms with Crippen LogP contribution in [0.1, 0.15) is 55.1 Å². The number of aromatic nitrogens is 4. The molecule has 2 heterocycles. The number of nitrogens with zero attached hydrogens (tertiary/aromatic N) is 3. The zero-order valence-electron chi connectivity index (χ0n) is 16.8. The van der Waals surface area contributed by atoms with Gasteiger partial charge in [-0.05, 0) is 69.7 Å². The Morgan fingerprint density at radius 3 is 2.59 bits per heavy atom. The molecule has 9 heteroatoms. The summed E-state index contributed by atoms with van der Waals surface area (Å²) in [4.78, 5) is 32.0. The van der Waals surface area contributed by atoms with E-state index in [2.05, 4.69) is 25.9 Å². The highest BCUT2D eigenvalue weighted by Crippen LogP contribution is 2.26. The van der Waals surface area contributed by atoms with Crippen molar-refractivity contribution in [3.05, 3.63) is 45.4 Å². The van der Waals surface area contributed by atoms with E-state index >= 15 is 0 Å². The Morgan fingerprint density at radius 2 is 1.90 bits per heavy atom. The molecule has 0 radical (unpaired) electrons. The van der Waals surface area contributed by atoms with Gasteiger partial charge in [-0.1, -0.05) is 0 Å². The normalized spacial score (nSPS) is 13.9. The second-order valence-electron chi connectivity index (χ2n) is 8.37. The summed E-state index contributed by atoms with van der Waals surface area (Å²) in [5.74, 6) is -0.263.